The summed E-state index contributed by atoms with van der Waals surface area (Å²) in [5.74, 6) is 0.998. The van der Waals surface area contributed by atoms with E-state index in [0.717, 1.165) is 17.3 Å². The summed E-state index contributed by atoms with van der Waals surface area (Å²) in [7, 11) is 0. The van der Waals surface area contributed by atoms with Gasteiger partial charge in [-0.2, -0.15) is 0 Å². The van der Waals surface area contributed by atoms with E-state index in [0.29, 0.717) is 0 Å². The van der Waals surface area contributed by atoms with Crippen LogP contribution in [-0.4, -0.2) is 5.84 Å². The van der Waals surface area contributed by atoms with Crippen LogP contribution in [0.25, 0.3) is 0 Å². The van der Waals surface area contributed by atoms with E-state index in [2.05, 4.69) is 37.1 Å². The van der Waals surface area contributed by atoms with E-state index in [1.54, 1.807) is 11.3 Å². The van der Waals surface area contributed by atoms with E-state index in [-0.39, 0.29) is 6.04 Å². The lowest BCUT2D eigenvalue weighted by Gasteiger charge is -2.19. The maximum atomic E-state index is 6.22. The Morgan fingerprint density at radius 1 is 1.50 bits per heavy atom. The quantitative estimate of drug-likeness (QED) is 0.851. The number of nitrogens with zero attached hydrogens (tertiary/aromatic N) is 1. The van der Waals surface area contributed by atoms with Crippen molar-refractivity contribution in [2.24, 2.45) is 4.99 Å². The summed E-state index contributed by atoms with van der Waals surface area (Å²) in [6, 6.07) is 2.17. The van der Waals surface area contributed by atoms with E-state index in [1.807, 2.05) is 6.20 Å². The number of aliphatic imine (C=N–C) groups is 1. The lowest BCUT2D eigenvalue weighted by Crippen LogP contribution is -2.22. The minimum absolute atomic E-state index is 0.0113. The Morgan fingerprint density at radius 3 is 2.81 bits per heavy atom. The molecule has 0 amide bonds. The van der Waals surface area contributed by atoms with Crippen molar-refractivity contribution in [3.8, 4) is 0 Å². The van der Waals surface area contributed by atoms with Gasteiger partial charge < -0.3 is 5.32 Å². The molecule has 0 fully saturated rings. The number of aryl methyl sites for hydroxylation is 2. The summed E-state index contributed by atoms with van der Waals surface area (Å²) in [4.78, 5) is 7.25. The molecule has 1 atom stereocenters. The third-order valence-electron chi connectivity index (χ3n) is 2.63. The van der Waals surface area contributed by atoms with Gasteiger partial charge in [0.25, 0.3) is 0 Å². The normalized spacial score (nSPS) is 20.1. The van der Waals surface area contributed by atoms with Gasteiger partial charge in [-0.15, -0.1) is 11.3 Å². The maximum Gasteiger partial charge on any atom is 0.115 e. The second kappa shape index (κ2) is 4.60. The molecule has 4 heteroatoms. The first-order chi connectivity index (χ1) is 7.61. The zero-order chi connectivity index (χ0) is 11.7. The molecule has 2 heterocycles. The first kappa shape index (κ1) is 11.7. The second-order valence-electron chi connectivity index (χ2n) is 3.87. The number of hydrogen-bond donors (Lipinski definition) is 1. The SMILES string of the molecule is CCC1=NC(c2cc(C)sc2C)C(Cl)=CN1. The number of nitrogens with one attached hydrogen (secondary N) is 1. The Morgan fingerprint density at radius 2 is 2.25 bits per heavy atom. The average Bonchev–Trinajstić information content (AvgIpc) is 2.58. The van der Waals surface area contributed by atoms with Gasteiger partial charge in [-0.1, -0.05) is 18.5 Å². The summed E-state index contributed by atoms with van der Waals surface area (Å²) in [5, 5.41) is 3.87. The van der Waals surface area contributed by atoms with E-state index in [9.17, 15) is 0 Å². The Bertz CT molecular complexity index is 460. The fourth-order valence-electron chi connectivity index (χ4n) is 1.82. The third kappa shape index (κ3) is 2.15. The monoisotopic (exact) mass is 254 g/mol. The largest absolute Gasteiger partial charge is 0.349 e. The summed E-state index contributed by atoms with van der Waals surface area (Å²) >= 11 is 8.02. The Hall–Kier alpha value is -0.800. The smallest absolute Gasteiger partial charge is 0.115 e. The molecular formula is C12H15ClN2S. The van der Waals surface area contributed by atoms with Crippen molar-refractivity contribution in [1.29, 1.82) is 0 Å². The second-order valence-corrected chi connectivity index (χ2v) is 5.77. The van der Waals surface area contributed by atoms with Crippen LogP contribution in [0.3, 0.4) is 0 Å². The molecule has 16 heavy (non-hydrogen) atoms. The molecule has 0 aromatic carbocycles. The van der Waals surface area contributed by atoms with Gasteiger partial charge in [0, 0.05) is 22.4 Å². The molecule has 1 aliphatic heterocycles. The molecule has 0 saturated heterocycles. The van der Waals surface area contributed by atoms with E-state index in [1.165, 1.54) is 15.3 Å². The average molecular weight is 255 g/mol. The van der Waals surface area contributed by atoms with Crippen molar-refractivity contribution in [3.63, 3.8) is 0 Å². The molecule has 1 N–H and O–H groups in total. The van der Waals surface area contributed by atoms with Crippen molar-refractivity contribution in [3.05, 3.63) is 32.6 Å². The zero-order valence-corrected chi connectivity index (χ0v) is 11.2. The molecule has 1 aliphatic rings. The molecular weight excluding hydrogens is 240 g/mol. The van der Waals surface area contributed by atoms with E-state index in [4.69, 9.17) is 11.6 Å². The summed E-state index contributed by atoms with van der Waals surface area (Å²) in [6.07, 6.45) is 2.75. The molecule has 1 unspecified atom stereocenters. The van der Waals surface area contributed by atoms with Crippen LogP contribution < -0.4 is 5.32 Å². The Kier molecular flexibility index (Phi) is 3.36. The first-order valence-corrected chi connectivity index (χ1v) is 6.57. The fraction of sp³-hybridized carbons (Fsp3) is 0.417. The number of halogens is 1. The van der Waals surface area contributed by atoms with Crippen LogP contribution in [0.1, 0.15) is 34.7 Å². The number of hydrogen-bond acceptors (Lipinski definition) is 3. The van der Waals surface area contributed by atoms with E-state index >= 15 is 0 Å². The summed E-state index contributed by atoms with van der Waals surface area (Å²) in [5.41, 5.74) is 1.23. The molecule has 0 aliphatic carbocycles. The minimum Gasteiger partial charge on any atom is -0.349 e. The standard InChI is InChI=1S/C12H15ClN2S/c1-4-11-14-6-10(13)12(15-11)9-5-7(2)16-8(9)3/h5-6,12H,4H2,1-3H3,(H,14,15). The molecule has 86 valence electrons. The first-order valence-electron chi connectivity index (χ1n) is 5.37. The molecule has 0 saturated carbocycles. The van der Waals surface area contributed by atoms with Crippen LogP contribution in [0.15, 0.2) is 22.3 Å². The van der Waals surface area contributed by atoms with Gasteiger partial charge in [0.2, 0.25) is 0 Å². The van der Waals surface area contributed by atoms with Crippen molar-refractivity contribution in [2.45, 2.75) is 33.2 Å². The van der Waals surface area contributed by atoms with Crippen LogP contribution in [0.5, 0.6) is 0 Å². The van der Waals surface area contributed by atoms with Gasteiger partial charge in [0.15, 0.2) is 0 Å². The lowest BCUT2D eigenvalue weighted by atomic mass is 10.1. The van der Waals surface area contributed by atoms with Gasteiger partial charge in [-0.05, 0) is 25.5 Å². The highest BCUT2D eigenvalue weighted by Gasteiger charge is 2.21. The van der Waals surface area contributed by atoms with Gasteiger partial charge in [-0.25, -0.2) is 0 Å². The third-order valence-corrected chi connectivity index (χ3v) is 3.93. The maximum absolute atomic E-state index is 6.22. The number of amidine groups is 1. The van der Waals surface area contributed by atoms with Gasteiger partial charge in [0.05, 0.1) is 5.03 Å². The Balaban J connectivity index is 2.38. The molecule has 2 nitrogen and oxygen atoms in total. The topological polar surface area (TPSA) is 24.4 Å². The highest BCUT2D eigenvalue weighted by atomic mass is 35.5. The zero-order valence-electron chi connectivity index (χ0n) is 9.67. The van der Waals surface area contributed by atoms with E-state index < -0.39 is 0 Å². The van der Waals surface area contributed by atoms with Crippen molar-refractivity contribution in [1.82, 2.24) is 5.32 Å². The highest BCUT2D eigenvalue weighted by molar-refractivity contribution is 7.12. The highest BCUT2D eigenvalue weighted by Crippen LogP contribution is 2.36. The molecule has 0 spiro atoms. The van der Waals surface area contributed by atoms with Crippen LogP contribution in [0.2, 0.25) is 0 Å². The van der Waals surface area contributed by atoms with Crippen LogP contribution >= 0.6 is 22.9 Å². The molecule has 2 rings (SSSR count). The van der Waals surface area contributed by atoms with Gasteiger partial charge >= 0.3 is 0 Å². The Labute approximate surface area is 105 Å². The predicted octanol–water partition coefficient (Wildman–Crippen LogP) is 3.90. The van der Waals surface area contributed by atoms with Crippen LogP contribution in [-0.2, 0) is 0 Å². The van der Waals surface area contributed by atoms with Gasteiger partial charge in [-0.3, -0.25) is 4.99 Å². The number of thiophene rings is 1. The van der Waals surface area contributed by atoms with Gasteiger partial charge in [0.1, 0.15) is 11.9 Å². The predicted molar refractivity (Wildman–Crippen MR) is 71.3 cm³/mol. The van der Waals surface area contributed by atoms with Crippen molar-refractivity contribution < 1.29 is 0 Å². The van der Waals surface area contributed by atoms with Crippen LogP contribution in [0.4, 0.5) is 0 Å². The number of rotatable bonds is 2. The molecule has 1 aromatic heterocycles. The summed E-state index contributed by atoms with van der Waals surface area (Å²) < 4.78 is 0. The molecule has 1 aromatic rings. The lowest BCUT2D eigenvalue weighted by molar-refractivity contribution is 0.838. The summed E-state index contributed by atoms with van der Waals surface area (Å²) in [6.45, 7) is 6.33. The van der Waals surface area contributed by atoms with Crippen LogP contribution in [0, 0.1) is 13.8 Å². The molecule has 0 bridgehead atoms. The molecule has 0 radical (unpaired) electrons. The van der Waals surface area contributed by atoms with Crippen molar-refractivity contribution in [2.75, 3.05) is 0 Å². The van der Waals surface area contributed by atoms with Crippen molar-refractivity contribution >= 4 is 28.8 Å². The fourth-order valence-corrected chi connectivity index (χ4v) is 3.00. The minimum atomic E-state index is -0.0113.